The smallest absolute Gasteiger partial charge is 0.0673 e. The molecule has 0 saturated carbocycles. The standard InChI is InChI=1S/C20H20N2/c1-2-15-8-7-13-21-18(15)14-22-19-11-5-3-9-16(19)17-10-4-6-12-20(17)22/h2-3,5,7-9,11,13H,1,4,6,10,12,14H2. The molecule has 0 amide bonds. The van der Waals surface area contributed by atoms with Crippen LogP contribution in [0.3, 0.4) is 0 Å². The van der Waals surface area contributed by atoms with Crippen LogP contribution in [0.2, 0.25) is 0 Å². The van der Waals surface area contributed by atoms with Crippen LogP contribution >= 0.6 is 0 Å². The van der Waals surface area contributed by atoms with Gasteiger partial charge >= 0.3 is 0 Å². The van der Waals surface area contributed by atoms with Gasteiger partial charge in [-0.15, -0.1) is 0 Å². The molecule has 22 heavy (non-hydrogen) atoms. The number of rotatable bonds is 3. The molecule has 1 aliphatic rings. The average molecular weight is 288 g/mol. The van der Waals surface area contributed by atoms with E-state index in [1.54, 1.807) is 5.56 Å². The second-order valence-corrected chi connectivity index (χ2v) is 5.98. The molecule has 2 aromatic heterocycles. The molecule has 110 valence electrons. The van der Waals surface area contributed by atoms with E-state index in [4.69, 9.17) is 0 Å². The van der Waals surface area contributed by atoms with Gasteiger partial charge in [-0.1, -0.05) is 36.9 Å². The third-order valence-corrected chi connectivity index (χ3v) is 4.74. The second kappa shape index (κ2) is 5.45. The Balaban J connectivity index is 1.89. The molecule has 0 N–H and O–H groups in total. The van der Waals surface area contributed by atoms with Gasteiger partial charge in [-0.3, -0.25) is 4.98 Å². The number of nitrogens with zero attached hydrogens (tertiary/aromatic N) is 2. The molecule has 2 nitrogen and oxygen atoms in total. The predicted molar refractivity (Wildman–Crippen MR) is 92.0 cm³/mol. The van der Waals surface area contributed by atoms with E-state index in [9.17, 15) is 0 Å². The van der Waals surface area contributed by atoms with Crippen molar-refractivity contribution in [2.75, 3.05) is 0 Å². The molecule has 0 bridgehead atoms. The minimum atomic E-state index is 0.831. The van der Waals surface area contributed by atoms with Crippen LogP contribution in [-0.2, 0) is 19.4 Å². The third kappa shape index (κ3) is 2.07. The first-order valence-electron chi connectivity index (χ1n) is 8.04. The van der Waals surface area contributed by atoms with Crippen molar-refractivity contribution in [2.24, 2.45) is 0 Å². The van der Waals surface area contributed by atoms with E-state index < -0.39 is 0 Å². The van der Waals surface area contributed by atoms with Crippen LogP contribution in [0.15, 0.2) is 49.2 Å². The molecule has 0 aliphatic heterocycles. The van der Waals surface area contributed by atoms with Crippen molar-refractivity contribution in [3.05, 3.63) is 71.7 Å². The zero-order valence-corrected chi connectivity index (χ0v) is 12.8. The fourth-order valence-electron chi connectivity index (χ4n) is 3.69. The molecule has 0 unspecified atom stereocenters. The number of benzene rings is 1. The summed E-state index contributed by atoms with van der Waals surface area (Å²) in [6, 6.07) is 12.9. The highest BCUT2D eigenvalue weighted by molar-refractivity contribution is 5.86. The van der Waals surface area contributed by atoms with E-state index in [0.29, 0.717) is 0 Å². The summed E-state index contributed by atoms with van der Waals surface area (Å²) in [5, 5.41) is 1.42. The van der Waals surface area contributed by atoms with Crippen LogP contribution in [0.1, 0.15) is 35.4 Å². The summed E-state index contributed by atoms with van der Waals surface area (Å²) in [4.78, 5) is 4.59. The van der Waals surface area contributed by atoms with Gasteiger partial charge in [-0.2, -0.15) is 0 Å². The summed E-state index contributed by atoms with van der Waals surface area (Å²) in [6.07, 6.45) is 8.77. The predicted octanol–water partition coefficient (Wildman–Crippen LogP) is 4.61. The molecule has 0 atom stereocenters. The highest BCUT2D eigenvalue weighted by Gasteiger charge is 2.20. The lowest BCUT2D eigenvalue weighted by molar-refractivity contribution is 0.634. The third-order valence-electron chi connectivity index (χ3n) is 4.74. The number of fused-ring (bicyclic) bond motifs is 3. The second-order valence-electron chi connectivity index (χ2n) is 5.98. The van der Waals surface area contributed by atoms with Gasteiger partial charge in [0.05, 0.1) is 12.2 Å². The molecular weight excluding hydrogens is 268 g/mol. The van der Waals surface area contributed by atoms with Crippen molar-refractivity contribution >= 4 is 17.0 Å². The molecule has 4 rings (SSSR count). The maximum Gasteiger partial charge on any atom is 0.0673 e. The van der Waals surface area contributed by atoms with Gasteiger partial charge in [0.25, 0.3) is 0 Å². The Morgan fingerprint density at radius 3 is 2.86 bits per heavy atom. The largest absolute Gasteiger partial charge is 0.338 e. The minimum absolute atomic E-state index is 0.831. The summed E-state index contributed by atoms with van der Waals surface area (Å²) in [5.41, 5.74) is 6.64. The number of aryl methyl sites for hydroxylation is 1. The molecular formula is C20H20N2. The van der Waals surface area contributed by atoms with Crippen LogP contribution in [0.5, 0.6) is 0 Å². The minimum Gasteiger partial charge on any atom is -0.338 e. The first-order chi connectivity index (χ1) is 10.9. The van der Waals surface area contributed by atoms with E-state index in [-0.39, 0.29) is 0 Å². The first kappa shape index (κ1) is 13.3. The zero-order chi connectivity index (χ0) is 14.9. The lowest BCUT2D eigenvalue weighted by atomic mass is 9.95. The molecule has 2 heterocycles. The highest BCUT2D eigenvalue weighted by atomic mass is 15.0. The Bertz CT molecular complexity index is 842. The zero-order valence-electron chi connectivity index (χ0n) is 12.8. The van der Waals surface area contributed by atoms with Crippen LogP contribution in [0.25, 0.3) is 17.0 Å². The van der Waals surface area contributed by atoms with E-state index in [2.05, 4.69) is 46.5 Å². The van der Waals surface area contributed by atoms with Gasteiger partial charge in [-0.25, -0.2) is 0 Å². The van der Waals surface area contributed by atoms with Crippen molar-refractivity contribution in [3.63, 3.8) is 0 Å². The molecule has 0 saturated heterocycles. The number of hydrogen-bond donors (Lipinski definition) is 0. The van der Waals surface area contributed by atoms with Crippen molar-refractivity contribution in [2.45, 2.75) is 32.2 Å². The van der Waals surface area contributed by atoms with Crippen LogP contribution in [-0.4, -0.2) is 9.55 Å². The monoisotopic (exact) mass is 288 g/mol. The topological polar surface area (TPSA) is 17.8 Å². The Labute approximate surface area is 131 Å². The maximum atomic E-state index is 4.59. The summed E-state index contributed by atoms with van der Waals surface area (Å²) < 4.78 is 2.47. The number of para-hydroxylation sites is 1. The molecule has 2 heteroatoms. The summed E-state index contributed by atoms with van der Waals surface area (Å²) in [6.45, 7) is 4.75. The van der Waals surface area contributed by atoms with Crippen molar-refractivity contribution in [1.82, 2.24) is 9.55 Å². The van der Waals surface area contributed by atoms with Crippen LogP contribution < -0.4 is 0 Å². The normalized spacial score (nSPS) is 14.0. The van der Waals surface area contributed by atoms with Gasteiger partial charge in [0, 0.05) is 22.8 Å². The van der Waals surface area contributed by atoms with Crippen LogP contribution in [0, 0.1) is 0 Å². The Hall–Kier alpha value is -2.35. The fourth-order valence-corrected chi connectivity index (χ4v) is 3.69. The number of hydrogen-bond acceptors (Lipinski definition) is 1. The molecule has 1 aromatic carbocycles. The van der Waals surface area contributed by atoms with Gasteiger partial charge in [0.2, 0.25) is 0 Å². The van der Waals surface area contributed by atoms with Crippen molar-refractivity contribution in [3.8, 4) is 0 Å². The van der Waals surface area contributed by atoms with Gasteiger partial charge in [0.1, 0.15) is 0 Å². The van der Waals surface area contributed by atoms with Crippen molar-refractivity contribution < 1.29 is 0 Å². The Morgan fingerprint density at radius 1 is 1.09 bits per heavy atom. The molecule has 0 radical (unpaired) electrons. The highest BCUT2D eigenvalue weighted by Crippen LogP contribution is 2.32. The van der Waals surface area contributed by atoms with E-state index in [1.165, 1.54) is 42.3 Å². The molecule has 0 spiro atoms. The lowest BCUT2D eigenvalue weighted by Gasteiger charge is -2.16. The maximum absolute atomic E-state index is 4.59. The lowest BCUT2D eigenvalue weighted by Crippen LogP contribution is -2.10. The fraction of sp³-hybridized carbons (Fsp3) is 0.250. The SMILES string of the molecule is C=Cc1cccnc1Cn1c2c(c3ccccc31)CCCC2. The van der Waals surface area contributed by atoms with Crippen LogP contribution in [0.4, 0.5) is 0 Å². The van der Waals surface area contributed by atoms with Gasteiger partial charge < -0.3 is 4.57 Å². The first-order valence-corrected chi connectivity index (χ1v) is 8.04. The van der Waals surface area contributed by atoms with Gasteiger partial charge in [0.15, 0.2) is 0 Å². The van der Waals surface area contributed by atoms with E-state index in [0.717, 1.165) is 17.8 Å². The number of aromatic nitrogens is 2. The van der Waals surface area contributed by atoms with Crippen molar-refractivity contribution in [1.29, 1.82) is 0 Å². The summed E-state index contributed by atoms with van der Waals surface area (Å²) in [5.74, 6) is 0. The molecule has 1 aliphatic carbocycles. The average Bonchev–Trinajstić information content (AvgIpc) is 2.90. The Kier molecular flexibility index (Phi) is 3.30. The summed E-state index contributed by atoms with van der Waals surface area (Å²) >= 11 is 0. The Morgan fingerprint density at radius 2 is 1.95 bits per heavy atom. The molecule has 0 fully saturated rings. The van der Waals surface area contributed by atoms with Gasteiger partial charge in [-0.05, 0) is 48.9 Å². The van der Waals surface area contributed by atoms with E-state index in [1.807, 2.05) is 18.3 Å². The quantitative estimate of drug-likeness (QED) is 0.688. The molecule has 3 aromatic rings. The van der Waals surface area contributed by atoms with E-state index >= 15 is 0 Å². The number of pyridine rings is 1. The summed E-state index contributed by atoms with van der Waals surface area (Å²) in [7, 11) is 0.